The Morgan fingerprint density at radius 3 is 2.36 bits per heavy atom. The Morgan fingerprint density at radius 2 is 1.86 bits per heavy atom. The van der Waals surface area contributed by atoms with Crippen LogP contribution in [0, 0.1) is 11.8 Å². The van der Waals surface area contributed by atoms with Gasteiger partial charge in [-0.25, -0.2) is 0 Å². The molecule has 2 nitrogen and oxygen atoms in total. The van der Waals surface area contributed by atoms with E-state index in [-0.39, 0.29) is 5.97 Å². The fourth-order valence-electron chi connectivity index (χ4n) is 0.926. The number of hydrogen-bond acceptors (Lipinski definition) is 3. The number of thioether (sulfide) groups is 1. The lowest BCUT2D eigenvalue weighted by atomic mass is 10.1. The van der Waals surface area contributed by atoms with Gasteiger partial charge in [0.25, 0.3) is 0 Å². The van der Waals surface area contributed by atoms with Gasteiger partial charge in [0, 0.05) is 12.2 Å². The fourth-order valence-corrected chi connectivity index (χ4v) is 1.76. The summed E-state index contributed by atoms with van der Waals surface area (Å²) in [5, 5.41) is 0. The van der Waals surface area contributed by atoms with Gasteiger partial charge in [-0.2, -0.15) is 11.8 Å². The lowest BCUT2D eigenvalue weighted by molar-refractivity contribution is -0.143. The smallest absolute Gasteiger partial charge is 0.306 e. The van der Waals surface area contributed by atoms with Crippen molar-refractivity contribution in [2.45, 2.75) is 34.1 Å². The highest BCUT2D eigenvalue weighted by atomic mass is 32.2. The van der Waals surface area contributed by atoms with E-state index in [2.05, 4.69) is 13.8 Å². The first kappa shape index (κ1) is 13.8. The van der Waals surface area contributed by atoms with Crippen LogP contribution in [0.25, 0.3) is 0 Å². The van der Waals surface area contributed by atoms with Gasteiger partial charge in [-0.3, -0.25) is 4.79 Å². The summed E-state index contributed by atoms with van der Waals surface area (Å²) in [6.07, 6.45) is 0.537. The van der Waals surface area contributed by atoms with Crippen molar-refractivity contribution in [3.63, 3.8) is 0 Å². The lowest BCUT2D eigenvalue weighted by Gasteiger charge is -2.07. The summed E-state index contributed by atoms with van der Waals surface area (Å²) in [5.41, 5.74) is 0. The maximum absolute atomic E-state index is 11.1. The summed E-state index contributed by atoms with van der Waals surface area (Å²) in [6, 6.07) is 0. The van der Waals surface area contributed by atoms with Crippen LogP contribution < -0.4 is 0 Å². The number of rotatable bonds is 7. The minimum Gasteiger partial charge on any atom is -0.465 e. The number of carbonyl (C=O) groups is 1. The summed E-state index contributed by atoms with van der Waals surface area (Å²) in [7, 11) is 0. The SMILES string of the molecule is CC(C)CSCCOC(=O)CC(C)C. The molecule has 0 heterocycles. The second kappa shape index (κ2) is 8.16. The minimum absolute atomic E-state index is 0.0647. The van der Waals surface area contributed by atoms with Gasteiger partial charge in [0.2, 0.25) is 0 Å². The third kappa shape index (κ3) is 9.90. The summed E-state index contributed by atoms with van der Waals surface area (Å²) < 4.78 is 5.07. The van der Waals surface area contributed by atoms with Crippen molar-refractivity contribution < 1.29 is 9.53 Å². The zero-order valence-electron chi connectivity index (χ0n) is 9.71. The molecular weight excluding hydrogens is 196 g/mol. The quantitative estimate of drug-likeness (QED) is 0.485. The van der Waals surface area contributed by atoms with E-state index in [0.717, 1.165) is 11.5 Å². The standard InChI is InChI=1S/C11H22O2S/c1-9(2)7-11(12)13-5-6-14-8-10(3)4/h9-10H,5-8H2,1-4H3. The van der Waals surface area contributed by atoms with Crippen LogP contribution in [-0.2, 0) is 9.53 Å². The molecule has 0 aromatic carbocycles. The van der Waals surface area contributed by atoms with E-state index in [1.54, 1.807) is 0 Å². The third-order valence-corrected chi connectivity index (χ3v) is 2.87. The van der Waals surface area contributed by atoms with Gasteiger partial charge in [0.15, 0.2) is 0 Å². The van der Waals surface area contributed by atoms with E-state index in [9.17, 15) is 4.79 Å². The van der Waals surface area contributed by atoms with E-state index in [0.29, 0.717) is 24.9 Å². The van der Waals surface area contributed by atoms with Crippen LogP contribution in [0.3, 0.4) is 0 Å². The molecule has 0 aliphatic carbocycles. The molecule has 0 rings (SSSR count). The predicted molar refractivity (Wildman–Crippen MR) is 62.6 cm³/mol. The highest BCUT2D eigenvalue weighted by Gasteiger charge is 2.05. The topological polar surface area (TPSA) is 26.3 Å². The van der Waals surface area contributed by atoms with Crippen molar-refractivity contribution in [2.75, 3.05) is 18.1 Å². The van der Waals surface area contributed by atoms with Gasteiger partial charge < -0.3 is 4.74 Å². The van der Waals surface area contributed by atoms with Crippen molar-refractivity contribution in [1.82, 2.24) is 0 Å². The van der Waals surface area contributed by atoms with E-state index in [4.69, 9.17) is 4.74 Å². The summed E-state index contributed by atoms with van der Waals surface area (Å²) in [5.74, 6) is 3.10. The predicted octanol–water partition coefficient (Wildman–Crippen LogP) is 2.96. The average Bonchev–Trinajstić information content (AvgIpc) is 2.01. The van der Waals surface area contributed by atoms with Crippen LogP contribution in [0.1, 0.15) is 34.1 Å². The third-order valence-electron chi connectivity index (χ3n) is 1.52. The maximum atomic E-state index is 11.1. The normalized spacial score (nSPS) is 11.0. The van der Waals surface area contributed by atoms with Crippen LogP contribution in [0.4, 0.5) is 0 Å². The van der Waals surface area contributed by atoms with E-state index >= 15 is 0 Å². The molecule has 0 aromatic heterocycles. The van der Waals surface area contributed by atoms with Crippen molar-refractivity contribution >= 4 is 17.7 Å². The van der Waals surface area contributed by atoms with Gasteiger partial charge in [-0.15, -0.1) is 0 Å². The Bertz CT molecular complexity index is 155. The van der Waals surface area contributed by atoms with Crippen molar-refractivity contribution in [3.05, 3.63) is 0 Å². The molecule has 0 unspecified atom stereocenters. The Hall–Kier alpha value is -0.180. The highest BCUT2D eigenvalue weighted by Crippen LogP contribution is 2.07. The molecule has 3 heteroatoms. The Labute approximate surface area is 91.8 Å². The minimum atomic E-state index is -0.0647. The first-order chi connectivity index (χ1) is 6.52. The molecule has 14 heavy (non-hydrogen) atoms. The Kier molecular flexibility index (Phi) is 8.05. The number of esters is 1. The second-order valence-corrected chi connectivity index (χ2v) is 5.44. The number of hydrogen-bond donors (Lipinski definition) is 0. The molecule has 0 atom stereocenters. The van der Waals surface area contributed by atoms with E-state index in [1.165, 1.54) is 0 Å². The van der Waals surface area contributed by atoms with E-state index < -0.39 is 0 Å². The molecule has 0 saturated carbocycles. The summed E-state index contributed by atoms with van der Waals surface area (Å²) in [4.78, 5) is 11.1. The molecule has 0 N–H and O–H groups in total. The molecule has 0 amide bonds. The largest absolute Gasteiger partial charge is 0.465 e. The molecule has 0 aliphatic heterocycles. The van der Waals surface area contributed by atoms with Crippen molar-refractivity contribution in [3.8, 4) is 0 Å². The fraction of sp³-hybridized carbons (Fsp3) is 0.909. The molecule has 0 fully saturated rings. The monoisotopic (exact) mass is 218 g/mol. The van der Waals surface area contributed by atoms with Crippen LogP contribution in [-0.4, -0.2) is 24.1 Å². The van der Waals surface area contributed by atoms with Gasteiger partial charge >= 0.3 is 5.97 Å². The van der Waals surface area contributed by atoms with Crippen molar-refractivity contribution in [2.24, 2.45) is 11.8 Å². The molecule has 0 saturated heterocycles. The molecule has 0 bridgehead atoms. The zero-order valence-corrected chi connectivity index (χ0v) is 10.5. The van der Waals surface area contributed by atoms with Crippen LogP contribution in [0.15, 0.2) is 0 Å². The van der Waals surface area contributed by atoms with E-state index in [1.807, 2.05) is 25.6 Å². The molecular formula is C11H22O2S. The molecule has 0 spiro atoms. The highest BCUT2D eigenvalue weighted by molar-refractivity contribution is 7.99. The maximum Gasteiger partial charge on any atom is 0.306 e. The lowest BCUT2D eigenvalue weighted by Crippen LogP contribution is -2.10. The zero-order chi connectivity index (χ0) is 11.0. The number of carbonyl (C=O) groups excluding carboxylic acids is 1. The Balaban J connectivity index is 3.23. The molecule has 0 radical (unpaired) electrons. The summed E-state index contributed by atoms with van der Waals surface area (Å²) >= 11 is 1.84. The first-order valence-corrected chi connectivity index (χ1v) is 6.41. The van der Waals surface area contributed by atoms with Crippen LogP contribution in [0.2, 0.25) is 0 Å². The number of ether oxygens (including phenoxy) is 1. The van der Waals surface area contributed by atoms with Crippen LogP contribution in [0.5, 0.6) is 0 Å². The first-order valence-electron chi connectivity index (χ1n) is 5.25. The van der Waals surface area contributed by atoms with Crippen molar-refractivity contribution in [1.29, 1.82) is 0 Å². The van der Waals surface area contributed by atoms with Crippen LogP contribution >= 0.6 is 11.8 Å². The Morgan fingerprint density at radius 1 is 1.21 bits per heavy atom. The summed E-state index contributed by atoms with van der Waals surface area (Å²) in [6.45, 7) is 8.99. The molecule has 0 aliphatic rings. The van der Waals surface area contributed by atoms with Gasteiger partial charge in [-0.1, -0.05) is 27.7 Å². The molecule has 84 valence electrons. The second-order valence-electron chi connectivity index (χ2n) is 4.29. The van der Waals surface area contributed by atoms with Gasteiger partial charge in [0.05, 0.1) is 0 Å². The average molecular weight is 218 g/mol. The van der Waals surface area contributed by atoms with Gasteiger partial charge in [-0.05, 0) is 17.6 Å². The van der Waals surface area contributed by atoms with Gasteiger partial charge in [0.1, 0.15) is 6.61 Å². The molecule has 0 aromatic rings.